The van der Waals surface area contributed by atoms with Crippen molar-refractivity contribution in [2.75, 3.05) is 20.3 Å². The largest absolute Gasteiger partial charge is 0.493 e. The van der Waals surface area contributed by atoms with E-state index in [1.54, 1.807) is 18.2 Å². The Kier molecular flexibility index (Phi) is 7.64. The van der Waals surface area contributed by atoms with Gasteiger partial charge in [0.15, 0.2) is 30.5 Å². The Labute approximate surface area is 159 Å². The number of methoxy groups -OCH3 is 1. The van der Waals surface area contributed by atoms with Gasteiger partial charge in [0.1, 0.15) is 0 Å². The molecule has 1 N–H and O–H groups in total. The van der Waals surface area contributed by atoms with Crippen LogP contribution in [0.5, 0.6) is 11.5 Å². The molecule has 1 aliphatic rings. The van der Waals surface area contributed by atoms with E-state index in [1.807, 2.05) is 0 Å². The number of Topliss-reactive ketones (excluding diaryl/α,β-unsaturated/α-hetero) is 1. The first-order chi connectivity index (χ1) is 12.9. The van der Waals surface area contributed by atoms with Crippen LogP contribution >= 0.6 is 0 Å². The molecule has 1 amide bonds. The zero-order chi connectivity index (χ0) is 19.8. The quantitative estimate of drug-likeness (QED) is 0.553. The third kappa shape index (κ3) is 6.27. The van der Waals surface area contributed by atoms with Gasteiger partial charge in [-0.25, -0.2) is 4.79 Å². The number of rotatable bonds is 8. The van der Waals surface area contributed by atoms with Gasteiger partial charge in [0.2, 0.25) is 0 Å². The number of ketones is 1. The summed E-state index contributed by atoms with van der Waals surface area (Å²) < 4.78 is 15.5. The maximum absolute atomic E-state index is 12.0. The number of amides is 1. The average molecular weight is 377 g/mol. The Morgan fingerprint density at radius 3 is 2.52 bits per heavy atom. The monoisotopic (exact) mass is 377 g/mol. The van der Waals surface area contributed by atoms with Crippen molar-refractivity contribution in [2.45, 2.75) is 45.6 Å². The molecule has 2 unspecified atom stereocenters. The van der Waals surface area contributed by atoms with Crippen molar-refractivity contribution in [1.82, 2.24) is 5.32 Å². The molecule has 1 saturated carbocycles. The lowest BCUT2D eigenvalue weighted by molar-refractivity contribution is -0.150. The number of hydrogen-bond donors (Lipinski definition) is 1. The van der Waals surface area contributed by atoms with Gasteiger partial charge in [-0.2, -0.15) is 0 Å². The maximum atomic E-state index is 12.0. The molecular formula is C20H27NO6. The summed E-state index contributed by atoms with van der Waals surface area (Å²) in [5.41, 5.74) is 0.482. The highest BCUT2D eigenvalue weighted by Crippen LogP contribution is 2.28. The molecule has 0 aliphatic heterocycles. The van der Waals surface area contributed by atoms with Crippen LogP contribution in [0.25, 0.3) is 0 Å². The second-order valence-corrected chi connectivity index (χ2v) is 6.81. The van der Waals surface area contributed by atoms with E-state index in [-0.39, 0.29) is 30.9 Å². The molecule has 1 aliphatic carbocycles. The zero-order valence-electron chi connectivity index (χ0n) is 16.1. The van der Waals surface area contributed by atoms with Crippen molar-refractivity contribution in [3.63, 3.8) is 0 Å². The summed E-state index contributed by atoms with van der Waals surface area (Å²) >= 11 is 0. The van der Waals surface area contributed by atoms with Crippen LogP contribution in [-0.2, 0) is 14.3 Å². The van der Waals surface area contributed by atoms with Crippen LogP contribution in [0, 0.1) is 5.92 Å². The molecule has 0 saturated heterocycles. The Morgan fingerprint density at radius 2 is 1.85 bits per heavy atom. The van der Waals surface area contributed by atoms with E-state index in [4.69, 9.17) is 14.2 Å². The Hall–Kier alpha value is -2.57. The Bertz CT molecular complexity index is 687. The molecule has 27 heavy (non-hydrogen) atoms. The molecule has 1 aromatic carbocycles. The fraction of sp³-hybridized carbons (Fsp3) is 0.550. The number of carbonyl (C=O) groups is 3. The fourth-order valence-electron chi connectivity index (χ4n) is 3.11. The van der Waals surface area contributed by atoms with Gasteiger partial charge >= 0.3 is 5.97 Å². The zero-order valence-corrected chi connectivity index (χ0v) is 16.1. The summed E-state index contributed by atoms with van der Waals surface area (Å²) in [5.74, 6) is 0.0502. The molecule has 0 bridgehead atoms. The number of hydrogen-bond acceptors (Lipinski definition) is 6. The van der Waals surface area contributed by atoms with Crippen LogP contribution in [0.1, 0.15) is 49.9 Å². The van der Waals surface area contributed by atoms with E-state index in [0.29, 0.717) is 23.0 Å². The van der Waals surface area contributed by atoms with Crippen LogP contribution in [-0.4, -0.2) is 44.0 Å². The SMILES string of the molecule is COc1cc(C(C)=O)ccc1OCC(=O)OCC(=O)NC1CCCCC1C. The van der Waals surface area contributed by atoms with Crippen molar-refractivity contribution in [3.8, 4) is 11.5 Å². The Balaban J connectivity index is 1.77. The van der Waals surface area contributed by atoms with Crippen LogP contribution in [0.2, 0.25) is 0 Å². The minimum atomic E-state index is -0.653. The highest BCUT2D eigenvalue weighted by molar-refractivity contribution is 5.94. The van der Waals surface area contributed by atoms with Crippen LogP contribution in [0.15, 0.2) is 18.2 Å². The second kappa shape index (κ2) is 9.94. The summed E-state index contributed by atoms with van der Waals surface area (Å²) in [7, 11) is 1.45. The summed E-state index contributed by atoms with van der Waals surface area (Å²) in [6.07, 6.45) is 4.35. The van der Waals surface area contributed by atoms with Gasteiger partial charge in [-0.3, -0.25) is 9.59 Å². The molecule has 0 radical (unpaired) electrons. The van der Waals surface area contributed by atoms with E-state index >= 15 is 0 Å². The normalized spacial score (nSPS) is 19.1. The number of nitrogens with one attached hydrogen (secondary N) is 1. The predicted molar refractivity (Wildman–Crippen MR) is 99.0 cm³/mol. The summed E-state index contributed by atoms with van der Waals surface area (Å²) in [6.45, 7) is 2.88. The molecule has 1 fully saturated rings. The van der Waals surface area contributed by atoms with Gasteiger partial charge in [0.05, 0.1) is 7.11 Å². The number of carbonyl (C=O) groups excluding carboxylic acids is 3. The van der Waals surface area contributed by atoms with Crippen molar-refractivity contribution >= 4 is 17.7 Å². The average Bonchev–Trinajstić information content (AvgIpc) is 2.66. The number of ether oxygens (including phenoxy) is 3. The third-order valence-corrected chi connectivity index (χ3v) is 4.74. The molecule has 2 rings (SSSR count). The summed E-state index contributed by atoms with van der Waals surface area (Å²) in [5, 5.41) is 2.92. The highest BCUT2D eigenvalue weighted by Gasteiger charge is 2.23. The molecule has 1 aromatic rings. The first kappa shape index (κ1) is 20.7. The topological polar surface area (TPSA) is 90.9 Å². The third-order valence-electron chi connectivity index (χ3n) is 4.74. The molecule has 0 aromatic heterocycles. The summed E-state index contributed by atoms with van der Waals surface area (Å²) in [6, 6.07) is 4.83. The number of esters is 1. The van der Waals surface area contributed by atoms with Gasteiger partial charge in [-0.15, -0.1) is 0 Å². The molecule has 148 valence electrons. The van der Waals surface area contributed by atoms with Gasteiger partial charge in [-0.1, -0.05) is 19.8 Å². The molecule has 0 heterocycles. The van der Waals surface area contributed by atoms with Gasteiger partial charge in [0.25, 0.3) is 5.91 Å². The molecule has 2 atom stereocenters. The summed E-state index contributed by atoms with van der Waals surface area (Å²) in [4.78, 5) is 35.2. The van der Waals surface area contributed by atoms with E-state index < -0.39 is 5.97 Å². The smallest absolute Gasteiger partial charge is 0.344 e. The van der Waals surface area contributed by atoms with Crippen molar-refractivity contribution in [1.29, 1.82) is 0 Å². The molecule has 7 heteroatoms. The van der Waals surface area contributed by atoms with Gasteiger partial charge in [0, 0.05) is 11.6 Å². The van der Waals surface area contributed by atoms with Crippen LogP contribution in [0.4, 0.5) is 0 Å². The van der Waals surface area contributed by atoms with E-state index in [1.165, 1.54) is 20.5 Å². The molecule has 0 spiro atoms. The predicted octanol–water partition coefficient (Wildman–Crippen LogP) is 2.51. The standard InChI is InChI=1S/C20H27NO6/c1-13-6-4-5-7-16(13)21-19(23)11-27-20(24)12-26-17-9-8-15(14(2)22)10-18(17)25-3/h8-10,13,16H,4-7,11-12H2,1-3H3,(H,21,23). The Morgan fingerprint density at radius 1 is 1.11 bits per heavy atom. The maximum Gasteiger partial charge on any atom is 0.344 e. The molecular weight excluding hydrogens is 350 g/mol. The van der Waals surface area contributed by atoms with Crippen molar-refractivity contribution in [3.05, 3.63) is 23.8 Å². The van der Waals surface area contributed by atoms with Crippen LogP contribution < -0.4 is 14.8 Å². The van der Waals surface area contributed by atoms with Crippen molar-refractivity contribution < 1.29 is 28.6 Å². The first-order valence-corrected chi connectivity index (χ1v) is 9.17. The van der Waals surface area contributed by atoms with Gasteiger partial charge < -0.3 is 19.5 Å². The minimum absolute atomic E-state index is 0.0995. The lowest BCUT2D eigenvalue weighted by Crippen LogP contribution is -2.43. The van der Waals surface area contributed by atoms with E-state index in [9.17, 15) is 14.4 Å². The molecule has 7 nitrogen and oxygen atoms in total. The van der Waals surface area contributed by atoms with Crippen molar-refractivity contribution in [2.24, 2.45) is 5.92 Å². The second-order valence-electron chi connectivity index (χ2n) is 6.81. The first-order valence-electron chi connectivity index (χ1n) is 9.17. The number of benzene rings is 1. The lowest BCUT2D eigenvalue weighted by Gasteiger charge is -2.29. The highest BCUT2D eigenvalue weighted by atomic mass is 16.6. The fourth-order valence-corrected chi connectivity index (χ4v) is 3.11. The lowest BCUT2D eigenvalue weighted by atomic mass is 9.86. The van der Waals surface area contributed by atoms with E-state index in [0.717, 1.165) is 19.3 Å². The minimum Gasteiger partial charge on any atom is -0.493 e. The van der Waals surface area contributed by atoms with Gasteiger partial charge in [-0.05, 0) is 43.9 Å². The van der Waals surface area contributed by atoms with E-state index in [2.05, 4.69) is 12.2 Å². The van der Waals surface area contributed by atoms with Crippen LogP contribution in [0.3, 0.4) is 0 Å².